The van der Waals surface area contributed by atoms with E-state index < -0.39 is 0 Å². The zero-order valence-electron chi connectivity index (χ0n) is 15.1. The summed E-state index contributed by atoms with van der Waals surface area (Å²) in [6.07, 6.45) is 3.12. The van der Waals surface area contributed by atoms with Crippen molar-refractivity contribution in [3.05, 3.63) is 65.7 Å². The van der Waals surface area contributed by atoms with Crippen LogP contribution in [-0.2, 0) is 17.8 Å². The summed E-state index contributed by atoms with van der Waals surface area (Å²) in [5.41, 5.74) is 3.46. The van der Waals surface area contributed by atoms with Gasteiger partial charge in [-0.1, -0.05) is 35.0 Å². The molecule has 1 aliphatic carbocycles. The van der Waals surface area contributed by atoms with Gasteiger partial charge in [-0.25, -0.2) is 4.57 Å². The third-order valence-corrected chi connectivity index (χ3v) is 5.26. The van der Waals surface area contributed by atoms with Crippen LogP contribution >= 0.6 is 0 Å². The number of aromatic nitrogens is 3. The van der Waals surface area contributed by atoms with Gasteiger partial charge in [0.1, 0.15) is 18.8 Å². The van der Waals surface area contributed by atoms with Crippen LogP contribution in [0.5, 0.6) is 11.5 Å². The number of rotatable bonds is 3. The molecule has 0 bridgehead atoms. The Morgan fingerprint density at radius 1 is 1.07 bits per heavy atom. The van der Waals surface area contributed by atoms with E-state index in [-0.39, 0.29) is 24.6 Å². The average Bonchev–Trinajstić information content (AvgIpc) is 3.27. The van der Waals surface area contributed by atoms with Crippen LogP contribution in [0.2, 0.25) is 0 Å². The van der Waals surface area contributed by atoms with E-state index in [2.05, 4.69) is 28.8 Å². The molecule has 27 heavy (non-hydrogen) atoms. The number of hydrogen-bond donors (Lipinski definition) is 0. The molecule has 0 saturated carbocycles. The molecule has 2 heterocycles. The van der Waals surface area contributed by atoms with Crippen LogP contribution in [0.4, 0.5) is 0 Å². The Hall–Kier alpha value is -2.57. The first-order valence-electron chi connectivity index (χ1n) is 8.70. The van der Waals surface area contributed by atoms with Crippen molar-refractivity contribution in [3.8, 4) is 17.2 Å². The summed E-state index contributed by atoms with van der Waals surface area (Å²) >= 11 is 0. The van der Waals surface area contributed by atoms with Crippen LogP contribution in [0.25, 0.3) is 5.69 Å². The van der Waals surface area contributed by atoms with Gasteiger partial charge in [0.15, 0.2) is 11.5 Å². The maximum absolute atomic E-state index is 6.11. The highest BCUT2D eigenvalue weighted by atomic mass is 35.5. The van der Waals surface area contributed by atoms with E-state index in [1.54, 1.807) is 14.2 Å². The molecule has 0 amide bonds. The largest absolute Gasteiger partial charge is 1.00 e. The van der Waals surface area contributed by atoms with Gasteiger partial charge in [0, 0.05) is 11.5 Å². The smallest absolute Gasteiger partial charge is 0.304 e. The lowest BCUT2D eigenvalue weighted by Gasteiger charge is -2.23. The van der Waals surface area contributed by atoms with E-state index in [0.717, 1.165) is 17.9 Å². The van der Waals surface area contributed by atoms with Gasteiger partial charge in [-0.05, 0) is 23.3 Å². The zero-order valence-corrected chi connectivity index (χ0v) is 15.9. The van der Waals surface area contributed by atoms with Crippen LogP contribution < -0.4 is 26.4 Å². The fraction of sp³-hybridized carbons (Fsp3) is 0.300. The molecule has 0 radical (unpaired) electrons. The fourth-order valence-corrected chi connectivity index (χ4v) is 4.09. The second kappa shape index (κ2) is 6.87. The van der Waals surface area contributed by atoms with Gasteiger partial charge in [0.25, 0.3) is 0 Å². The summed E-state index contributed by atoms with van der Waals surface area (Å²) < 4.78 is 21.2. The standard InChI is InChI=1S/C20H20N3O3.ClH/c1-24-15-8-5-9-16(25-2)20(15)23-12-22-18(21-23)11-26-17-10-13-6-3-4-7-14(13)19(17)22;/h3-9,12,17,19H,10-11H2,1-2H3;1H/q+1;/p-1/t17-,19+;/m0./s1. The quantitative estimate of drug-likeness (QED) is 0.555. The van der Waals surface area contributed by atoms with Crippen LogP contribution in [0, 0.1) is 0 Å². The lowest BCUT2D eigenvalue weighted by Crippen LogP contribution is -3.00. The van der Waals surface area contributed by atoms with Crippen molar-refractivity contribution in [1.29, 1.82) is 0 Å². The number of hydrogen-bond acceptors (Lipinski definition) is 4. The van der Waals surface area contributed by atoms with Crippen molar-refractivity contribution >= 4 is 0 Å². The van der Waals surface area contributed by atoms with Gasteiger partial charge in [0.05, 0.1) is 14.2 Å². The molecule has 3 aromatic rings. The van der Waals surface area contributed by atoms with Gasteiger partial charge in [-0.2, -0.15) is 0 Å². The number of ether oxygens (including phenoxy) is 3. The average molecular weight is 386 g/mol. The molecular weight excluding hydrogens is 366 g/mol. The van der Waals surface area contributed by atoms with Crippen molar-refractivity contribution in [2.45, 2.75) is 25.2 Å². The second-order valence-electron chi connectivity index (χ2n) is 6.59. The molecule has 1 aliphatic heterocycles. The van der Waals surface area contributed by atoms with E-state index in [0.29, 0.717) is 18.1 Å². The number of nitrogens with zero attached hydrogens (tertiary/aromatic N) is 3. The van der Waals surface area contributed by atoms with E-state index >= 15 is 0 Å². The summed E-state index contributed by atoms with van der Waals surface area (Å²) in [7, 11) is 3.31. The fourth-order valence-electron chi connectivity index (χ4n) is 4.09. The monoisotopic (exact) mass is 385 g/mol. The Balaban J connectivity index is 0.00000180. The minimum absolute atomic E-state index is 0. The Morgan fingerprint density at radius 2 is 1.81 bits per heavy atom. The lowest BCUT2D eigenvalue weighted by atomic mass is 10.1. The molecule has 2 atom stereocenters. The van der Waals surface area contributed by atoms with Crippen molar-refractivity contribution in [3.63, 3.8) is 0 Å². The molecule has 7 heteroatoms. The van der Waals surface area contributed by atoms with E-state index in [4.69, 9.17) is 19.3 Å². The minimum atomic E-state index is 0. The number of benzene rings is 2. The Morgan fingerprint density at radius 3 is 2.56 bits per heavy atom. The third kappa shape index (κ3) is 2.67. The second-order valence-corrected chi connectivity index (χ2v) is 6.59. The Labute approximate surface area is 163 Å². The molecule has 2 aromatic carbocycles. The molecule has 5 rings (SSSR count). The van der Waals surface area contributed by atoms with E-state index in [1.165, 1.54) is 11.1 Å². The first-order chi connectivity index (χ1) is 12.8. The molecule has 0 saturated heterocycles. The van der Waals surface area contributed by atoms with E-state index in [9.17, 15) is 0 Å². The van der Waals surface area contributed by atoms with Crippen LogP contribution in [0.1, 0.15) is 23.0 Å². The van der Waals surface area contributed by atoms with Gasteiger partial charge in [-0.15, -0.1) is 0 Å². The SMILES string of the molecule is COc1cccc(OC)c1-n1c[n+]2c(n1)CO[C@H]1Cc3ccccc3[C@H]12.[Cl-]. The van der Waals surface area contributed by atoms with Crippen molar-refractivity contribution in [2.75, 3.05) is 14.2 Å². The molecule has 0 spiro atoms. The lowest BCUT2D eigenvalue weighted by molar-refractivity contribution is -0.739. The first kappa shape index (κ1) is 17.8. The first-order valence-corrected chi connectivity index (χ1v) is 8.70. The summed E-state index contributed by atoms with van der Waals surface area (Å²) in [6.45, 7) is 0.500. The molecule has 0 unspecified atom stereocenters. The highest BCUT2D eigenvalue weighted by molar-refractivity contribution is 5.56. The summed E-state index contributed by atoms with van der Waals surface area (Å²) in [4.78, 5) is 0. The van der Waals surface area contributed by atoms with Crippen molar-refractivity contribution in [1.82, 2.24) is 9.78 Å². The number of methoxy groups -OCH3 is 2. The van der Waals surface area contributed by atoms with Gasteiger partial charge >= 0.3 is 5.82 Å². The van der Waals surface area contributed by atoms with Crippen LogP contribution in [0.15, 0.2) is 48.8 Å². The van der Waals surface area contributed by atoms with Gasteiger partial charge in [0.2, 0.25) is 12.0 Å². The molecule has 2 aliphatic rings. The molecule has 0 N–H and O–H groups in total. The number of para-hydroxylation sites is 1. The maximum Gasteiger partial charge on any atom is 0.304 e. The topological polar surface area (TPSA) is 49.4 Å². The summed E-state index contributed by atoms with van der Waals surface area (Å²) in [5.74, 6) is 2.33. The summed E-state index contributed by atoms with van der Waals surface area (Å²) in [6, 6.07) is 14.4. The van der Waals surface area contributed by atoms with Gasteiger partial charge in [-0.3, -0.25) is 0 Å². The summed E-state index contributed by atoms with van der Waals surface area (Å²) in [5, 5.41) is 4.77. The minimum Gasteiger partial charge on any atom is -1.00 e. The van der Waals surface area contributed by atoms with Crippen molar-refractivity contribution in [2.24, 2.45) is 0 Å². The normalized spacial score (nSPS) is 19.5. The molecule has 140 valence electrons. The van der Waals surface area contributed by atoms with Crippen molar-refractivity contribution < 1.29 is 31.2 Å². The predicted octanol–water partition coefficient (Wildman–Crippen LogP) is -0.775. The van der Waals surface area contributed by atoms with Crippen LogP contribution in [0.3, 0.4) is 0 Å². The number of halogens is 1. The van der Waals surface area contributed by atoms with E-state index in [1.807, 2.05) is 29.2 Å². The zero-order chi connectivity index (χ0) is 17.7. The molecule has 1 aromatic heterocycles. The van der Waals surface area contributed by atoms with Crippen LogP contribution in [-0.4, -0.2) is 30.1 Å². The number of fused-ring (bicyclic) bond motifs is 5. The molecule has 0 fully saturated rings. The predicted molar refractivity (Wildman–Crippen MR) is 93.7 cm³/mol. The highest BCUT2D eigenvalue weighted by Gasteiger charge is 2.43. The van der Waals surface area contributed by atoms with Gasteiger partial charge < -0.3 is 26.6 Å². The highest BCUT2D eigenvalue weighted by Crippen LogP contribution is 2.37. The molecule has 6 nitrogen and oxygen atoms in total. The third-order valence-electron chi connectivity index (χ3n) is 5.26. The Bertz CT molecular complexity index is 966. The molecular formula is C20H20ClN3O3. The maximum atomic E-state index is 6.11. The Kier molecular flexibility index (Phi) is 4.53.